The van der Waals surface area contributed by atoms with Crippen molar-refractivity contribution in [2.24, 2.45) is 0 Å². The predicted molar refractivity (Wildman–Crippen MR) is 84.5 cm³/mol. The average Bonchev–Trinajstić information content (AvgIpc) is 3.04. The first-order valence-corrected chi connectivity index (χ1v) is 9.07. The zero-order valence-corrected chi connectivity index (χ0v) is 13.6. The van der Waals surface area contributed by atoms with Crippen LogP contribution < -0.4 is 4.90 Å². The summed E-state index contributed by atoms with van der Waals surface area (Å²) in [5, 5.41) is 2.43. The van der Waals surface area contributed by atoms with Crippen LogP contribution in [0, 0.1) is 0 Å². The van der Waals surface area contributed by atoms with Gasteiger partial charge in [-0.1, -0.05) is 17.7 Å². The normalized spacial score (nSPS) is 16.9. The van der Waals surface area contributed by atoms with Crippen LogP contribution >= 0.6 is 22.9 Å². The highest BCUT2D eigenvalue weighted by Gasteiger charge is 2.18. The van der Waals surface area contributed by atoms with Gasteiger partial charge < -0.3 is 9.64 Å². The average molecular weight is 344 g/mol. The quantitative estimate of drug-likeness (QED) is 0.852. The molecule has 1 aliphatic heterocycles. The van der Waals surface area contributed by atoms with Crippen LogP contribution in [0.15, 0.2) is 27.9 Å². The molecule has 112 valence electrons. The fraction of sp³-hybridized carbons (Fsp3) is 0.385. The number of nitrogens with zero attached hydrogens (tertiary/aromatic N) is 3. The molecule has 0 spiro atoms. The molecular weight excluding hydrogens is 330 g/mol. The first-order valence-electron chi connectivity index (χ1n) is 6.50. The molecule has 3 heterocycles. The Morgan fingerprint density at radius 3 is 2.95 bits per heavy atom. The van der Waals surface area contributed by atoms with E-state index in [2.05, 4.69) is 14.9 Å². The minimum absolute atomic E-state index is 0.301. The summed E-state index contributed by atoms with van der Waals surface area (Å²) >= 11 is 7.66. The van der Waals surface area contributed by atoms with Crippen molar-refractivity contribution in [1.29, 1.82) is 0 Å². The smallest absolute Gasteiger partial charge is 0.151 e. The SMILES string of the molecule is O=S(Cc1ncc(Cl)c(N2CCOCC2)n1)c1cccs1. The second-order valence-corrected chi connectivity index (χ2v) is 7.51. The number of rotatable bonds is 4. The van der Waals surface area contributed by atoms with Crippen molar-refractivity contribution in [1.82, 2.24) is 9.97 Å². The first-order chi connectivity index (χ1) is 10.2. The van der Waals surface area contributed by atoms with Gasteiger partial charge >= 0.3 is 0 Å². The van der Waals surface area contributed by atoms with E-state index >= 15 is 0 Å². The van der Waals surface area contributed by atoms with Crippen molar-refractivity contribution < 1.29 is 8.95 Å². The van der Waals surface area contributed by atoms with Crippen molar-refractivity contribution in [3.63, 3.8) is 0 Å². The number of morpholine rings is 1. The van der Waals surface area contributed by atoms with E-state index in [4.69, 9.17) is 16.3 Å². The number of aromatic nitrogens is 2. The molecular formula is C13H14ClN3O2S2. The number of hydrogen-bond acceptors (Lipinski definition) is 6. The van der Waals surface area contributed by atoms with Gasteiger partial charge in [0, 0.05) is 13.1 Å². The second-order valence-electron chi connectivity index (χ2n) is 4.48. The molecule has 5 nitrogen and oxygen atoms in total. The van der Waals surface area contributed by atoms with Crippen LogP contribution in [0.3, 0.4) is 0 Å². The fourth-order valence-electron chi connectivity index (χ4n) is 2.04. The van der Waals surface area contributed by atoms with Gasteiger partial charge in [0.2, 0.25) is 0 Å². The number of anilines is 1. The van der Waals surface area contributed by atoms with Crippen LogP contribution in [0.5, 0.6) is 0 Å². The molecule has 2 aromatic rings. The lowest BCUT2D eigenvalue weighted by Gasteiger charge is -2.28. The number of halogens is 1. The molecule has 1 fully saturated rings. The van der Waals surface area contributed by atoms with Crippen molar-refractivity contribution in [3.05, 3.63) is 34.6 Å². The number of hydrogen-bond donors (Lipinski definition) is 0. The third kappa shape index (κ3) is 3.60. The van der Waals surface area contributed by atoms with Gasteiger partial charge in [0.25, 0.3) is 0 Å². The van der Waals surface area contributed by atoms with E-state index in [9.17, 15) is 4.21 Å². The first kappa shape index (κ1) is 14.9. The summed E-state index contributed by atoms with van der Waals surface area (Å²) in [4.78, 5) is 10.8. The van der Waals surface area contributed by atoms with Gasteiger partial charge in [-0.3, -0.25) is 4.21 Å². The Kier molecular flexibility index (Phi) is 4.84. The Morgan fingerprint density at radius 1 is 1.43 bits per heavy atom. The van der Waals surface area contributed by atoms with Crippen LogP contribution in [0.25, 0.3) is 0 Å². The molecule has 1 saturated heterocycles. The fourth-order valence-corrected chi connectivity index (χ4v) is 4.22. The third-order valence-electron chi connectivity index (χ3n) is 3.07. The van der Waals surface area contributed by atoms with Crippen molar-refractivity contribution in [2.45, 2.75) is 9.96 Å². The summed E-state index contributed by atoms with van der Waals surface area (Å²) in [7, 11) is -1.12. The molecule has 3 rings (SSSR count). The zero-order valence-electron chi connectivity index (χ0n) is 11.2. The molecule has 0 aliphatic carbocycles. The second kappa shape index (κ2) is 6.83. The highest BCUT2D eigenvalue weighted by Crippen LogP contribution is 2.24. The molecule has 1 unspecified atom stereocenters. The van der Waals surface area contributed by atoms with E-state index in [1.165, 1.54) is 11.3 Å². The van der Waals surface area contributed by atoms with Gasteiger partial charge in [0.05, 0.1) is 40.2 Å². The summed E-state index contributed by atoms with van der Waals surface area (Å²) in [6.07, 6.45) is 1.58. The van der Waals surface area contributed by atoms with Crippen molar-refractivity contribution in [3.8, 4) is 0 Å². The molecule has 0 N–H and O–H groups in total. The Balaban J connectivity index is 1.78. The highest BCUT2D eigenvalue weighted by atomic mass is 35.5. The molecule has 0 amide bonds. The Bertz CT molecular complexity index is 630. The Morgan fingerprint density at radius 2 is 2.24 bits per heavy atom. The van der Waals surface area contributed by atoms with Gasteiger partial charge in [-0.25, -0.2) is 9.97 Å². The number of thiophene rings is 1. The lowest BCUT2D eigenvalue weighted by Crippen LogP contribution is -2.37. The maximum atomic E-state index is 12.2. The third-order valence-corrected chi connectivity index (χ3v) is 5.95. The standard InChI is InChI=1S/C13H14ClN3O2S2/c14-10-8-15-11(9-21(18)12-2-1-7-20-12)16-13(10)17-3-5-19-6-4-17/h1-2,7-8H,3-6,9H2. The molecule has 8 heteroatoms. The van der Waals surface area contributed by atoms with Gasteiger partial charge in [-0.05, 0) is 11.4 Å². The van der Waals surface area contributed by atoms with Crippen LogP contribution in [-0.4, -0.2) is 40.5 Å². The monoisotopic (exact) mass is 343 g/mol. The van der Waals surface area contributed by atoms with E-state index in [0.29, 0.717) is 35.6 Å². The Hall–Kier alpha value is -1.02. The van der Waals surface area contributed by atoms with Crippen LogP contribution in [0.4, 0.5) is 5.82 Å². The van der Waals surface area contributed by atoms with E-state index < -0.39 is 10.8 Å². The molecule has 1 atom stereocenters. The van der Waals surface area contributed by atoms with E-state index in [-0.39, 0.29) is 0 Å². The minimum atomic E-state index is -1.12. The van der Waals surface area contributed by atoms with Gasteiger partial charge in [-0.15, -0.1) is 11.3 Å². The number of ether oxygens (including phenoxy) is 1. The largest absolute Gasteiger partial charge is 0.378 e. The molecule has 0 saturated carbocycles. The van der Waals surface area contributed by atoms with E-state index in [0.717, 1.165) is 17.3 Å². The lowest BCUT2D eigenvalue weighted by atomic mass is 10.4. The summed E-state index contributed by atoms with van der Waals surface area (Å²) in [5.41, 5.74) is 0. The topological polar surface area (TPSA) is 55.3 Å². The van der Waals surface area contributed by atoms with Gasteiger partial charge in [0.1, 0.15) is 10.8 Å². The van der Waals surface area contributed by atoms with E-state index in [1.54, 1.807) is 6.20 Å². The molecule has 0 aromatic carbocycles. The molecule has 2 aromatic heterocycles. The van der Waals surface area contributed by atoms with Gasteiger partial charge in [-0.2, -0.15) is 0 Å². The Labute approximate surface area is 134 Å². The molecule has 0 radical (unpaired) electrons. The lowest BCUT2D eigenvalue weighted by molar-refractivity contribution is 0.122. The van der Waals surface area contributed by atoms with Crippen LogP contribution in [0.1, 0.15) is 5.82 Å². The summed E-state index contributed by atoms with van der Waals surface area (Å²) in [6, 6.07) is 3.75. The molecule has 1 aliphatic rings. The molecule has 0 bridgehead atoms. The van der Waals surface area contributed by atoms with Crippen molar-refractivity contribution >= 4 is 39.6 Å². The maximum Gasteiger partial charge on any atom is 0.151 e. The predicted octanol–water partition coefficient (Wildman–Crippen LogP) is 2.34. The minimum Gasteiger partial charge on any atom is -0.378 e. The summed E-state index contributed by atoms with van der Waals surface area (Å²) in [5.74, 6) is 1.55. The van der Waals surface area contributed by atoms with Crippen LogP contribution in [0.2, 0.25) is 5.02 Å². The van der Waals surface area contributed by atoms with Crippen molar-refractivity contribution in [2.75, 3.05) is 31.2 Å². The maximum absolute atomic E-state index is 12.2. The summed E-state index contributed by atoms with van der Waals surface area (Å²) < 4.78 is 18.4. The highest BCUT2D eigenvalue weighted by molar-refractivity contribution is 7.86. The molecule has 21 heavy (non-hydrogen) atoms. The van der Waals surface area contributed by atoms with E-state index in [1.807, 2.05) is 17.5 Å². The summed E-state index contributed by atoms with van der Waals surface area (Å²) in [6.45, 7) is 2.84. The zero-order chi connectivity index (χ0) is 14.7. The van der Waals surface area contributed by atoms with Crippen LogP contribution in [-0.2, 0) is 21.3 Å². The van der Waals surface area contributed by atoms with Gasteiger partial charge in [0.15, 0.2) is 5.82 Å².